The summed E-state index contributed by atoms with van der Waals surface area (Å²) in [5, 5.41) is 0. The Morgan fingerprint density at radius 3 is 2.70 bits per heavy atom. The van der Waals surface area contributed by atoms with Gasteiger partial charge in [0.1, 0.15) is 13.2 Å². The van der Waals surface area contributed by atoms with Crippen LogP contribution in [0.2, 0.25) is 0 Å². The van der Waals surface area contributed by atoms with Crippen molar-refractivity contribution < 1.29 is 9.47 Å². The molecule has 0 unspecified atom stereocenters. The standard InChI is InChI=1S/C15H16N2O3/c1-9(2)13-14(16-8-17-15(13)18)10-3-4-11-12(7-10)20-6-5-19-11/h3-4,7-9H,5-6H2,1-2H3,(H,16,17,18). The number of H-pyrrole nitrogens is 1. The summed E-state index contributed by atoms with van der Waals surface area (Å²) in [4.78, 5) is 19.0. The molecule has 1 aliphatic heterocycles. The highest BCUT2D eigenvalue weighted by molar-refractivity contribution is 5.67. The van der Waals surface area contributed by atoms with Crippen LogP contribution in [0.3, 0.4) is 0 Å². The highest BCUT2D eigenvalue weighted by atomic mass is 16.6. The van der Waals surface area contributed by atoms with Gasteiger partial charge in [-0.05, 0) is 24.1 Å². The monoisotopic (exact) mass is 272 g/mol. The third kappa shape index (κ3) is 2.15. The van der Waals surface area contributed by atoms with E-state index in [0.29, 0.717) is 30.2 Å². The van der Waals surface area contributed by atoms with Crippen LogP contribution in [0, 0.1) is 0 Å². The van der Waals surface area contributed by atoms with Crippen LogP contribution in [0.5, 0.6) is 11.5 Å². The van der Waals surface area contributed by atoms with E-state index in [0.717, 1.165) is 11.3 Å². The number of rotatable bonds is 2. The number of hydrogen-bond acceptors (Lipinski definition) is 4. The predicted molar refractivity (Wildman–Crippen MR) is 75.4 cm³/mol. The molecule has 0 saturated heterocycles. The van der Waals surface area contributed by atoms with E-state index >= 15 is 0 Å². The van der Waals surface area contributed by atoms with Crippen molar-refractivity contribution in [2.45, 2.75) is 19.8 Å². The van der Waals surface area contributed by atoms with Crippen molar-refractivity contribution >= 4 is 0 Å². The van der Waals surface area contributed by atoms with Gasteiger partial charge in [0.05, 0.1) is 12.0 Å². The fourth-order valence-corrected chi connectivity index (χ4v) is 2.37. The Labute approximate surface area is 116 Å². The van der Waals surface area contributed by atoms with Gasteiger partial charge in [-0.2, -0.15) is 0 Å². The number of nitrogens with zero attached hydrogens (tertiary/aromatic N) is 1. The fourth-order valence-electron chi connectivity index (χ4n) is 2.37. The maximum absolute atomic E-state index is 12.0. The Kier molecular flexibility index (Phi) is 3.18. The van der Waals surface area contributed by atoms with Crippen LogP contribution in [0.15, 0.2) is 29.3 Å². The molecule has 3 rings (SSSR count). The zero-order valence-electron chi connectivity index (χ0n) is 11.5. The quantitative estimate of drug-likeness (QED) is 0.911. The lowest BCUT2D eigenvalue weighted by molar-refractivity contribution is 0.171. The van der Waals surface area contributed by atoms with E-state index in [2.05, 4.69) is 9.97 Å². The second-order valence-corrected chi connectivity index (χ2v) is 5.01. The molecule has 0 bridgehead atoms. The smallest absolute Gasteiger partial charge is 0.254 e. The molecule has 20 heavy (non-hydrogen) atoms. The maximum Gasteiger partial charge on any atom is 0.254 e. The van der Waals surface area contributed by atoms with E-state index in [1.165, 1.54) is 6.33 Å². The summed E-state index contributed by atoms with van der Waals surface area (Å²) in [6.07, 6.45) is 1.43. The second-order valence-electron chi connectivity index (χ2n) is 5.01. The van der Waals surface area contributed by atoms with Crippen molar-refractivity contribution in [1.29, 1.82) is 0 Å². The molecular formula is C15H16N2O3. The van der Waals surface area contributed by atoms with Crippen LogP contribution in [0.25, 0.3) is 11.3 Å². The summed E-state index contributed by atoms with van der Waals surface area (Å²) in [6.45, 7) is 5.06. The van der Waals surface area contributed by atoms with Crippen molar-refractivity contribution in [2.75, 3.05) is 13.2 Å². The van der Waals surface area contributed by atoms with Gasteiger partial charge < -0.3 is 14.5 Å². The normalized spacial score (nSPS) is 13.6. The van der Waals surface area contributed by atoms with Gasteiger partial charge >= 0.3 is 0 Å². The van der Waals surface area contributed by atoms with Crippen LogP contribution >= 0.6 is 0 Å². The highest BCUT2D eigenvalue weighted by Gasteiger charge is 2.17. The molecule has 0 fully saturated rings. The maximum atomic E-state index is 12.0. The first-order chi connectivity index (χ1) is 9.66. The summed E-state index contributed by atoms with van der Waals surface area (Å²) in [5.74, 6) is 1.53. The predicted octanol–water partition coefficient (Wildman–Crippen LogP) is 2.33. The van der Waals surface area contributed by atoms with Crippen LogP contribution in [-0.2, 0) is 0 Å². The molecule has 2 heterocycles. The molecule has 0 amide bonds. The molecular weight excluding hydrogens is 256 g/mol. The van der Waals surface area contributed by atoms with Gasteiger partial charge in [-0.1, -0.05) is 13.8 Å². The highest BCUT2D eigenvalue weighted by Crippen LogP contribution is 2.35. The SMILES string of the molecule is CC(C)c1c(-c2ccc3c(c2)OCCO3)nc[nH]c1=O. The Balaban J connectivity index is 2.14. The number of aromatic amines is 1. The summed E-state index contributed by atoms with van der Waals surface area (Å²) >= 11 is 0. The number of aromatic nitrogens is 2. The molecule has 0 spiro atoms. The largest absolute Gasteiger partial charge is 0.486 e. The molecule has 0 radical (unpaired) electrons. The number of hydrogen-bond donors (Lipinski definition) is 1. The minimum absolute atomic E-state index is 0.0932. The van der Waals surface area contributed by atoms with Gasteiger partial charge in [-0.3, -0.25) is 4.79 Å². The first kappa shape index (κ1) is 12.7. The molecule has 0 saturated carbocycles. The Morgan fingerprint density at radius 1 is 1.20 bits per heavy atom. The number of nitrogens with one attached hydrogen (secondary N) is 1. The first-order valence-corrected chi connectivity index (χ1v) is 6.64. The van der Waals surface area contributed by atoms with Crippen molar-refractivity contribution in [2.24, 2.45) is 0 Å². The average molecular weight is 272 g/mol. The average Bonchev–Trinajstić information content (AvgIpc) is 2.46. The lowest BCUT2D eigenvalue weighted by Gasteiger charge is -2.19. The molecule has 5 nitrogen and oxygen atoms in total. The summed E-state index contributed by atoms with van der Waals surface area (Å²) in [5.41, 5.74) is 2.15. The number of ether oxygens (including phenoxy) is 2. The van der Waals surface area contributed by atoms with Crippen LogP contribution in [0.4, 0.5) is 0 Å². The van der Waals surface area contributed by atoms with Gasteiger partial charge in [0.2, 0.25) is 0 Å². The second kappa shape index (κ2) is 5.00. The van der Waals surface area contributed by atoms with E-state index in [9.17, 15) is 4.79 Å². The minimum Gasteiger partial charge on any atom is -0.486 e. The van der Waals surface area contributed by atoms with Gasteiger partial charge in [-0.25, -0.2) is 4.98 Å². The summed E-state index contributed by atoms with van der Waals surface area (Å²) < 4.78 is 11.1. The molecule has 5 heteroatoms. The fraction of sp³-hybridized carbons (Fsp3) is 0.333. The molecule has 1 aliphatic rings. The molecule has 0 aliphatic carbocycles. The van der Waals surface area contributed by atoms with Gasteiger partial charge in [0, 0.05) is 11.1 Å². The number of benzene rings is 1. The third-order valence-corrected chi connectivity index (χ3v) is 3.28. The molecule has 1 aromatic heterocycles. The van der Waals surface area contributed by atoms with Crippen molar-refractivity contribution in [3.05, 3.63) is 40.4 Å². The Bertz CT molecular complexity index is 692. The van der Waals surface area contributed by atoms with E-state index in [1.807, 2.05) is 32.0 Å². The van der Waals surface area contributed by atoms with Crippen molar-refractivity contribution in [3.63, 3.8) is 0 Å². The van der Waals surface area contributed by atoms with Gasteiger partial charge in [0.25, 0.3) is 5.56 Å². The molecule has 1 aromatic carbocycles. The molecule has 0 atom stereocenters. The van der Waals surface area contributed by atoms with Crippen LogP contribution < -0.4 is 15.0 Å². The van der Waals surface area contributed by atoms with E-state index in [4.69, 9.17) is 9.47 Å². The topological polar surface area (TPSA) is 64.2 Å². The van der Waals surface area contributed by atoms with Crippen LogP contribution in [-0.4, -0.2) is 23.2 Å². The van der Waals surface area contributed by atoms with E-state index in [-0.39, 0.29) is 11.5 Å². The molecule has 1 N–H and O–H groups in total. The van der Waals surface area contributed by atoms with E-state index < -0.39 is 0 Å². The minimum atomic E-state index is -0.0973. The zero-order chi connectivity index (χ0) is 14.1. The Hall–Kier alpha value is -2.30. The first-order valence-electron chi connectivity index (χ1n) is 6.64. The Morgan fingerprint density at radius 2 is 1.95 bits per heavy atom. The van der Waals surface area contributed by atoms with Crippen molar-refractivity contribution in [3.8, 4) is 22.8 Å². The molecule has 104 valence electrons. The molecule has 2 aromatic rings. The summed E-state index contributed by atoms with van der Waals surface area (Å²) in [6, 6.07) is 5.64. The van der Waals surface area contributed by atoms with Crippen molar-refractivity contribution in [1.82, 2.24) is 9.97 Å². The summed E-state index contributed by atoms with van der Waals surface area (Å²) in [7, 11) is 0. The lowest BCUT2D eigenvalue weighted by Crippen LogP contribution is -2.17. The van der Waals surface area contributed by atoms with Gasteiger partial charge in [-0.15, -0.1) is 0 Å². The zero-order valence-corrected chi connectivity index (χ0v) is 11.5. The van der Waals surface area contributed by atoms with E-state index in [1.54, 1.807) is 0 Å². The van der Waals surface area contributed by atoms with Gasteiger partial charge in [0.15, 0.2) is 11.5 Å². The third-order valence-electron chi connectivity index (χ3n) is 3.28. The van der Waals surface area contributed by atoms with Crippen LogP contribution in [0.1, 0.15) is 25.3 Å². The number of fused-ring (bicyclic) bond motifs is 1. The lowest BCUT2D eigenvalue weighted by atomic mass is 9.98.